The molecule has 0 atom stereocenters. The quantitative estimate of drug-likeness (QED) is 0.292. The number of carbonyl (C=O) groups is 1. The molecule has 0 saturated carbocycles. The topological polar surface area (TPSA) is 88.2 Å². The number of amides is 1. The Labute approximate surface area is 209 Å². The fourth-order valence-electron chi connectivity index (χ4n) is 3.96. The Bertz CT molecular complexity index is 1670. The fourth-order valence-corrected chi connectivity index (χ4v) is 5.01. The molecule has 0 aliphatic rings. The van der Waals surface area contributed by atoms with Gasteiger partial charge in [-0.2, -0.15) is 0 Å². The highest BCUT2D eigenvalue weighted by Gasteiger charge is 2.17. The first-order valence-corrected chi connectivity index (χ1v) is 12.8. The molecule has 0 fully saturated rings. The van der Waals surface area contributed by atoms with Crippen molar-refractivity contribution in [3.63, 3.8) is 0 Å². The third-order valence-electron chi connectivity index (χ3n) is 5.72. The largest absolute Gasteiger partial charge is 0.322 e. The van der Waals surface area contributed by atoms with Crippen molar-refractivity contribution in [3.05, 3.63) is 120 Å². The summed E-state index contributed by atoms with van der Waals surface area (Å²) in [6, 6.07) is 32.2. The van der Waals surface area contributed by atoms with Crippen LogP contribution in [0.2, 0.25) is 0 Å². The van der Waals surface area contributed by atoms with Crippen LogP contribution in [0, 0.1) is 6.92 Å². The average Bonchev–Trinajstić information content (AvgIpc) is 2.88. The Balaban J connectivity index is 1.41. The maximum Gasteiger partial charge on any atom is 0.261 e. The summed E-state index contributed by atoms with van der Waals surface area (Å²) in [4.78, 5) is 18.1. The van der Waals surface area contributed by atoms with Crippen molar-refractivity contribution >= 4 is 38.2 Å². The number of sulfonamides is 1. The summed E-state index contributed by atoms with van der Waals surface area (Å²) < 4.78 is 28.1. The van der Waals surface area contributed by atoms with Crippen molar-refractivity contribution in [3.8, 4) is 11.3 Å². The van der Waals surface area contributed by atoms with Crippen molar-refractivity contribution in [1.82, 2.24) is 4.98 Å². The van der Waals surface area contributed by atoms with Crippen LogP contribution in [0.25, 0.3) is 22.2 Å². The predicted octanol–water partition coefficient (Wildman–Crippen LogP) is 6.26. The molecule has 178 valence electrons. The molecule has 4 aromatic carbocycles. The van der Waals surface area contributed by atoms with E-state index in [-0.39, 0.29) is 10.8 Å². The SMILES string of the molecule is Cc1cccc(NS(=O)(=O)c2ccc(NC(=O)c3cc(-c4ccccc4)nc4ccccc34)cc2)c1. The van der Waals surface area contributed by atoms with Crippen LogP contribution in [-0.2, 0) is 10.0 Å². The number of pyridine rings is 1. The van der Waals surface area contributed by atoms with E-state index in [1.807, 2.05) is 67.6 Å². The van der Waals surface area contributed by atoms with Gasteiger partial charge in [0.15, 0.2) is 0 Å². The smallest absolute Gasteiger partial charge is 0.261 e. The van der Waals surface area contributed by atoms with Crippen molar-refractivity contribution in [2.45, 2.75) is 11.8 Å². The second-order valence-electron chi connectivity index (χ2n) is 8.39. The van der Waals surface area contributed by atoms with Crippen LogP contribution in [0.4, 0.5) is 11.4 Å². The van der Waals surface area contributed by atoms with Gasteiger partial charge in [-0.25, -0.2) is 13.4 Å². The first-order chi connectivity index (χ1) is 17.4. The first kappa shape index (κ1) is 23.3. The summed E-state index contributed by atoms with van der Waals surface area (Å²) >= 11 is 0. The number of carbonyl (C=O) groups excluding carboxylic acids is 1. The third kappa shape index (κ3) is 4.96. The summed E-state index contributed by atoms with van der Waals surface area (Å²) in [5.74, 6) is -0.306. The summed E-state index contributed by atoms with van der Waals surface area (Å²) in [5.41, 5.74) is 4.73. The molecule has 5 aromatic rings. The second kappa shape index (κ2) is 9.64. The Morgan fingerprint density at radius 3 is 2.22 bits per heavy atom. The van der Waals surface area contributed by atoms with Gasteiger partial charge >= 0.3 is 0 Å². The van der Waals surface area contributed by atoms with E-state index in [4.69, 9.17) is 4.98 Å². The normalized spacial score (nSPS) is 11.2. The molecule has 5 rings (SSSR count). The fraction of sp³-hybridized carbons (Fsp3) is 0.0345. The second-order valence-corrected chi connectivity index (χ2v) is 10.1. The third-order valence-corrected chi connectivity index (χ3v) is 7.12. The van der Waals surface area contributed by atoms with Gasteiger partial charge in [-0.1, -0.05) is 60.7 Å². The van der Waals surface area contributed by atoms with E-state index < -0.39 is 10.0 Å². The molecule has 1 heterocycles. The number of aryl methyl sites for hydroxylation is 1. The lowest BCUT2D eigenvalue weighted by molar-refractivity contribution is 0.102. The molecule has 1 aromatic heterocycles. The van der Waals surface area contributed by atoms with Gasteiger partial charge in [0.1, 0.15) is 0 Å². The number of aromatic nitrogens is 1. The van der Waals surface area contributed by atoms with Gasteiger partial charge in [-0.05, 0) is 61.0 Å². The molecular formula is C29H23N3O3S. The molecule has 36 heavy (non-hydrogen) atoms. The molecular weight excluding hydrogens is 470 g/mol. The van der Waals surface area contributed by atoms with E-state index in [1.54, 1.807) is 36.4 Å². The molecule has 0 bridgehead atoms. The molecule has 0 saturated heterocycles. The van der Waals surface area contributed by atoms with E-state index in [9.17, 15) is 13.2 Å². The van der Waals surface area contributed by atoms with Crippen LogP contribution in [0.1, 0.15) is 15.9 Å². The highest BCUT2D eigenvalue weighted by molar-refractivity contribution is 7.92. The number of rotatable bonds is 6. The van der Waals surface area contributed by atoms with Crippen molar-refractivity contribution < 1.29 is 13.2 Å². The molecule has 6 nitrogen and oxygen atoms in total. The minimum atomic E-state index is -3.76. The summed E-state index contributed by atoms with van der Waals surface area (Å²) in [7, 11) is -3.76. The van der Waals surface area contributed by atoms with Crippen molar-refractivity contribution in [2.75, 3.05) is 10.0 Å². The van der Waals surface area contributed by atoms with E-state index in [1.165, 1.54) is 12.1 Å². The van der Waals surface area contributed by atoms with Gasteiger partial charge in [0.2, 0.25) is 0 Å². The van der Waals surface area contributed by atoms with Crippen LogP contribution in [0.5, 0.6) is 0 Å². The lowest BCUT2D eigenvalue weighted by atomic mass is 10.0. The standard InChI is InChI=1S/C29H23N3O3S/c1-20-8-7-11-23(18-20)32-36(34,35)24-16-14-22(15-17-24)30-29(33)26-19-28(21-9-3-2-4-10-21)31-27-13-6-5-12-25(26)27/h2-19,32H,1H3,(H,30,33). The van der Waals surface area contributed by atoms with E-state index in [2.05, 4.69) is 10.0 Å². The van der Waals surface area contributed by atoms with E-state index in [0.717, 1.165) is 16.5 Å². The Morgan fingerprint density at radius 2 is 1.47 bits per heavy atom. The van der Waals surface area contributed by atoms with Gasteiger partial charge in [0.25, 0.3) is 15.9 Å². The van der Waals surface area contributed by atoms with Gasteiger partial charge in [0.05, 0.1) is 21.7 Å². The molecule has 0 unspecified atom stereocenters. The van der Waals surface area contributed by atoms with Gasteiger partial charge in [-0.3, -0.25) is 9.52 Å². The molecule has 0 spiro atoms. The molecule has 0 aliphatic heterocycles. The average molecular weight is 494 g/mol. The number of benzene rings is 4. The van der Waals surface area contributed by atoms with Gasteiger partial charge < -0.3 is 5.32 Å². The minimum Gasteiger partial charge on any atom is -0.322 e. The molecule has 1 amide bonds. The zero-order valence-corrected chi connectivity index (χ0v) is 20.3. The summed E-state index contributed by atoms with van der Waals surface area (Å²) in [6.07, 6.45) is 0. The number of para-hydroxylation sites is 1. The Morgan fingerprint density at radius 1 is 0.750 bits per heavy atom. The lowest BCUT2D eigenvalue weighted by Crippen LogP contribution is -2.15. The minimum absolute atomic E-state index is 0.0997. The first-order valence-electron chi connectivity index (χ1n) is 11.4. The summed E-state index contributed by atoms with van der Waals surface area (Å²) in [6.45, 7) is 1.89. The van der Waals surface area contributed by atoms with Crippen LogP contribution in [0.15, 0.2) is 114 Å². The molecule has 7 heteroatoms. The molecule has 0 radical (unpaired) electrons. The Kier molecular flexibility index (Phi) is 6.23. The number of hydrogen-bond donors (Lipinski definition) is 2. The highest BCUT2D eigenvalue weighted by Crippen LogP contribution is 2.26. The number of anilines is 2. The Hall–Kier alpha value is -4.49. The number of fused-ring (bicyclic) bond motifs is 1. The zero-order valence-electron chi connectivity index (χ0n) is 19.5. The van der Waals surface area contributed by atoms with Crippen LogP contribution >= 0.6 is 0 Å². The number of nitrogens with one attached hydrogen (secondary N) is 2. The van der Waals surface area contributed by atoms with Gasteiger partial charge in [0, 0.05) is 22.3 Å². The maximum atomic E-state index is 13.3. The number of hydrogen-bond acceptors (Lipinski definition) is 4. The molecule has 2 N–H and O–H groups in total. The lowest BCUT2D eigenvalue weighted by Gasteiger charge is -2.12. The van der Waals surface area contributed by atoms with Gasteiger partial charge in [-0.15, -0.1) is 0 Å². The van der Waals surface area contributed by atoms with E-state index in [0.29, 0.717) is 28.1 Å². The summed E-state index contributed by atoms with van der Waals surface area (Å²) in [5, 5.41) is 3.62. The predicted molar refractivity (Wildman–Crippen MR) is 144 cm³/mol. The maximum absolute atomic E-state index is 13.3. The zero-order chi connectivity index (χ0) is 25.1. The highest BCUT2D eigenvalue weighted by atomic mass is 32.2. The number of nitrogens with zero attached hydrogens (tertiary/aromatic N) is 1. The monoisotopic (exact) mass is 493 g/mol. The van der Waals surface area contributed by atoms with Crippen LogP contribution < -0.4 is 10.0 Å². The molecule has 0 aliphatic carbocycles. The van der Waals surface area contributed by atoms with E-state index >= 15 is 0 Å². The van der Waals surface area contributed by atoms with Crippen molar-refractivity contribution in [2.24, 2.45) is 0 Å². The van der Waals surface area contributed by atoms with Crippen molar-refractivity contribution in [1.29, 1.82) is 0 Å². The van der Waals surface area contributed by atoms with Crippen LogP contribution in [-0.4, -0.2) is 19.3 Å². The van der Waals surface area contributed by atoms with Crippen LogP contribution in [0.3, 0.4) is 0 Å².